The van der Waals surface area contributed by atoms with Gasteiger partial charge in [-0.25, -0.2) is 0 Å². The zero-order valence-corrected chi connectivity index (χ0v) is 17.6. The molecule has 5 heteroatoms. The van der Waals surface area contributed by atoms with Crippen molar-refractivity contribution in [2.45, 2.75) is 26.9 Å². The van der Waals surface area contributed by atoms with Crippen LogP contribution in [-0.2, 0) is 4.79 Å². The third-order valence-corrected chi connectivity index (χ3v) is 4.96. The van der Waals surface area contributed by atoms with Crippen LogP contribution in [0.1, 0.15) is 34.2 Å². The topological polar surface area (TPSA) is 68.5 Å². The summed E-state index contributed by atoms with van der Waals surface area (Å²) in [6.45, 7) is 5.63. The van der Waals surface area contributed by atoms with E-state index in [-0.39, 0.29) is 17.5 Å². The Kier molecular flexibility index (Phi) is 5.58. The molecular formula is C26H23NO4. The Morgan fingerprint density at radius 1 is 0.903 bits per heavy atom. The van der Waals surface area contributed by atoms with Gasteiger partial charge in [0.25, 0.3) is 5.91 Å². The largest absolute Gasteiger partial charge is 0.481 e. The van der Waals surface area contributed by atoms with Gasteiger partial charge >= 0.3 is 0 Å². The highest BCUT2D eigenvalue weighted by Gasteiger charge is 2.25. The number of aryl methyl sites for hydroxylation is 2. The summed E-state index contributed by atoms with van der Waals surface area (Å²) in [5.41, 5.74) is 3.47. The molecule has 0 fully saturated rings. The third-order valence-electron chi connectivity index (χ3n) is 4.96. The lowest BCUT2D eigenvalue weighted by Gasteiger charge is -2.16. The van der Waals surface area contributed by atoms with Crippen LogP contribution in [0, 0.1) is 13.8 Å². The zero-order chi connectivity index (χ0) is 22.0. The van der Waals surface area contributed by atoms with Gasteiger partial charge in [-0.3, -0.25) is 9.59 Å². The molecule has 31 heavy (non-hydrogen) atoms. The number of hydrogen-bond acceptors (Lipinski definition) is 4. The van der Waals surface area contributed by atoms with Gasteiger partial charge in [0.05, 0.1) is 5.69 Å². The van der Waals surface area contributed by atoms with Crippen molar-refractivity contribution in [1.82, 2.24) is 0 Å². The van der Waals surface area contributed by atoms with Crippen molar-refractivity contribution >= 4 is 28.3 Å². The van der Waals surface area contributed by atoms with Gasteiger partial charge in [-0.15, -0.1) is 0 Å². The van der Waals surface area contributed by atoms with Crippen molar-refractivity contribution < 1.29 is 18.7 Å². The number of carbonyl (C=O) groups is 2. The molecule has 4 rings (SSSR count). The summed E-state index contributed by atoms with van der Waals surface area (Å²) in [6.07, 6.45) is -0.769. The number of ether oxygens (including phenoxy) is 1. The van der Waals surface area contributed by atoms with E-state index < -0.39 is 6.10 Å². The predicted molar refractivity (Wildman–Crippen MR) is 121 cm³/mol. The van der Waals surface area contributed by atoms with E-state index >= 15 is 0 Å². The molecule has 3 aromatic carbocycles. The summed E-state index contributed by atoms with van der Waals surface area (Å²) in [4.78, 5) is 26.0. The van der Waals surface area contributed by atoms with Crippen LogP contribution in [-0.4, -0.2) is 17.8 Å². The Morgan fingerprint density at radius 2 is 1.55 bits per heavy atom. The molecule has 5 nitrogen and oxygen atoms in total. The zero-order valence-electron chi connectivity index (χ0n) is 17.6. The van der Waals surface area contributed by atoms with Crippen LogP contribution in [0.2, 0.25) is 0 Å². The molecule has 0 spiro atoms. The van der Waals surface area contributed by atoms with E-state index in [2.05, 4.69) is 5.32 Å². The number of ketones is 1. The second kappa shape index (κ2) is 8.48. The van der Waals surface area contributed by atoms with E-state index in [4.69, 9.17) is 9.15 Å². The minimum atomic E-state index is -0.769. The van der Waals surface area contributed by atoms with Gasteiger partial charge in [0, 0.05) is 10.9 Å². The van der Waals surface area contributed by atoms with Crippen LogP contribution < -0.4 is 10.1 Å². The summed E-state index contributed by atoms with van der Waals surface area (Å²) in [5.74, 6) is 0.0555. The number of para-hydroxylation sites is 1. The standard InChI is InChI=1S/C26H23NO4/c1-16-13-17(2)15-20(14-16)30-18(3)26(29)27-23-21-11-7-8-12-22(21)31-25(23)24(28)19-9-5-4-6-10-19/h4-15,18H,1-3H3,(H,27,29)/t18-/m0/s1. The van der Waals surface area contributed by atoms with Gasteiger partial charge in [-0.1, -0.05) is 48.5 Å². The number of benzene rings is 3. The van der Waals surface area contributed by atoms with E-state index in [0.29, 0.717) is 28.0 Å². The first-order chi connectivity index (χ1) is 14.9. The molecule has 0 saturated carbocycles. The van der Waals surface area contributed by atoms with Crippen molar-refractivity contribution in [2.24, 2.45) is 0 Å². The van der Waals surface area contributed by atoms with Gasteiger partial charge in [0.1, 0.15) is 11.3 Å². The molecule has 1 N–H and O–H groups in total. The van der Waals surface area contributed by atoms with Crippen molar-refractivity contribution in [3.63, 3.8) is 0 Å². The summed E-state index contributed by atoms with van der Waals surface area (Å²) in [5, 5.41) is 3.52. The number of furan rings is 1. The molecule has 156 valence electrons. The molecule has 1 amide bonds. The quantitative estimate of drug-likeness (QED) is 0.413. The van der Waals surface area contributed by atoms with E-state index in [9.17, 15) is 9.59 Å². The maximum Gasteiger partial charge on any atom is 0.265 e. The first-order valence-electron chi connectivity index (χ1n) is 10.1. The first-order valence-corrected chi connectivity index (χ1v) is 10.1. The molecule has 4 aromatic rings. The van der Waals surface area contributed by atoms with Crippen LogP contribution >= 0.6 is 0 Å². The maximum absolute atomic E-state index is 13.1. The van der Waals surface area contributed by atoms with Crippen LogP contribution in [0.4, 0.5) is 5.69 Å². The van der Waals surface area contributed by atoms with E-state index in [1.807, 2.05) is 56.3 Å². The van der Waals surface area contributed by atoms with E-state index in [1.165, 1.54) is 0 Å². The summed E-state index contributed by atoms with van der Waals surface area (Å²) in [6, 6.07) is 21.9. The fraction of sp³-hybridized carbons (Fsp3) is 0.154. The summed E-state index contributed by atoms with van der Waals surface area (Å²) < 4.78 is 11.7. The SMILES string of the molecule is Cc1cc(C)cc(O[C@@H](C)C(=O)Nc2c(C(=O)c3ccccc3)oc3ccccc23)c1. The smallest absolute Gasteiger partial charge is 0.265 e. The Bertz CT molecular complexity index is 1240. The van der Waals surface area contributed by atoms with Gasteiger partial charge in [-0.2, -0.15) is 0 Å². The minimum absolute atomic E-state index is 0.0966. The number of hydrogen-bond donors (Lipinski definition) is 1. The van der Waals surface area contributed by atoms with E-state index in [0.717, 1.165) is 11.1 Å². The van der Waals surface area contributed by atoms with Crippen molar-refractivity contribution in [2.75, 3.05) is 5.32 Å². The third kappa shape index (κ3) is 4.36. The lowest BCUT2D eigenvalue weighted by Crippen LogP contribution is -2.30. The Labute approximate surface area is 180 Å². The Hall–Kier alpha value is -3.86. The van der Waals surface area contributed by atoms with Gasteiger partial charge in [0.15, 0.2) is 11.9 Å². The number of amides is 1. The predicted octanol–water partition coefficient (Wildman–Crippen LogP) is 5.69. The molecule has 1 heterocycles. The lowest BCUT2D eigenvalue weighted by atomic mass is 10.1. The molecule has 0 radical (unpaired) electrons. The minimum Gasteiger partial charge on any atom is -0.481 e. The van der Waals surface area contributed by atoms with Crippen LogP contribution in [0.25, 0.3) is 11.0 Å². The molecule has 1 aromatic heterocycles. The molecule has 0 aliphatic heterocycles. The van der Waals surface area contributed by atoms with Crippen molar-refractivity contribution in [3.8, 4) is 5.75 Å². The number of fused-ring (bicyclic) bond motifs is 1. The second-order valence-corrected chi connectivity index (χ2v) is 7.57. The Morgan fingerprint density at radius 3 is 2.26 bits per heavy atom. The van der Waals surface area contributed by atoms with Gasteiger partial charge < -0.3 is 14.5 Å². The number of nitrogens with one attached hydrogen (secondary N) is 1. The van der Waals surface area contributed by atoms with Crippen LogP contribution in [0.5, 0.6) is 5.75 Å². The second-order valence-electron chi connectivity index (χ2n) is 7.57. The molecule has 0 saturated heterocycles. The highest BCUT2D eigenvalue weighted by molar-refractivity contribution is 6.17. The number of carbonyl (C=O) groups excluding carboxylic acids is 2. The monoisotopic (exact) mass is 413 g/mol. The highest BCUT2D eigenvalue weighted by atomic mass is 16.5. The first kappa shape index (κ1) is 20.4. The van der Waals surface area contributed by atoms with Gasteiger partial charge in [0.2, 0.25) is 5.78 Å². The average Bonchev–Trinajstić information content (AvgIpc) is 3.11. The molecule has 0 bridgehead atoms. The molecular weight excluding hydrogens is 390 g/mol. The molecule has 0 aliphatic carbocycles. The number of rotatable bonds is 6. The fourth-order valence-corrected chi connectivity index (χ4v) is 3.53. The van der Waals surface area contributed by atoms with Crippen LogP contribution in [0.3, 0.4) is 0 Å². The van der Waals surface area contributed by atoms with Crippen LogP contribution in [0.15, 0.2) is 77.2 Å². The summed E-state index contributed by atoms with van der Waals surface area (Å²) in [7, 11) is 0. The van der Waals surface area contributed by atoms with Gasteiger partial charge in [-0.05, 0) is 56.2 Å². The fourth-order valence-electron chi connectivity index (χ4n) is 3.53. The Balaban J connectivity index is 1.64. The summed E-state index contributed by atoms with van der Waals surface area (Å²) >= 11 is 0. The number of anilines is 1. The normalized spacial score (nSPS) is 11.8. The van der Waals surface area contributed by atoms with Crippen molar-refractivity contribution in [1.29, 1.82) is 0 Å². The average molecular weight is 413 g/mol. The molecule has 0 aliphatic rings. The van der Waals surface area contributed by atoms with Crippen molar-refractivity contribution in [3.05, 3.63) is 95.2 Å². The highest BCUT2D eigenvalue weighted by Crippen LogP contribution is 2.32. The molecule has 0 unspecified atom stereocenters. The molecule has 1 atom stereocenters. The maximum atomic E-state index is 13.1. The van der Waals surface area contributed by atoms with E-state index in [1.54, 1.807) is 37.3 Å². The lowest BCUT2D eigenvalue weighted by molar-refractivity contribution is -0.122.